The molecule has 1 aromatic carbocycles. The van der Waals surface area contributed by atoms with Crippen LogP contribution in [0.15, 0.2) is 41.8 Å². The lowest BCUT2D eigenvalue weighted by Gasteiger charge is -2.17. The third-order valence-corrected chi connectivity index (χ3v) is 4.72. The molecule has 0 aliphatic carbocycles. The van der Waals surface area contributed by atoms with Crippen molar-refractivity contribution in [1.29, 1.82) is 0 Å². The summed E-state index contributed by atoms with van der Waals surface area (Å²) < 4.78 is 5.12. The van der Waals surface area contributed by atoms with Crippen LogP contribution in [0.1, 0.15) is 11.3 Å². The van der Waals surface area contributed by atoms with Crippen LogP contribution < -0.4 is 20.3 Å². The van der Waals surface area contributed by atoms with Crippen LogP contribution in [-0.2, 0) is 11.3 Å². The van der Waals surface area contributed by atoms with Crippen molar-refractivity contribution >= 4 is 29.0 Å². The van der Waals surface area contributed by atoms with Gasteiger partial charge < -0.3 is 20.3 Å². The number of amides is 3. The van der Waals surface area contributed by atoms with Gasteiger partial charge in [0.2, 0.25) is 5.91 Å². The van der Waals surface area contributed by atoms with E-state index in [1.807, 2.05) is 41.8 Å². The van der Waals surface area contributed by atoms with Crippen molar-refractivity contribution in [2.24, 2.45) is 0 Å². The molecule has 6 nitrogen and oxygen atoms in total. The summed E-state index contributed by atoms with van der Waals surface area (Å²) in [7, 11) is 1.60. The molecule has 1 fully saturated rings. The molecular formula is C17H19N3O3S. The number of rotatable bonds is 5. The van der Waals surface area contributed by atoms with Crippen molar-refractivity contribution in [2.75, 3.05) is 18.6 Å². The Morgan fingerprint density at radius 1 is 1.33 bits per heavy atom. The highest BCUT2D eigenvalue weighted by atomic mass is 32.1. The molecule has 0 unspecified atom stereocenters. The summed E-state index contributed by atoms with van der Waals surface area (Å²) in [5.74, 6) is 0.747. The number of nitrogens with zero attached hydrogens (tertiary/aromatic N) is 1. The van der Waals surface area contributed by atoms with E-state index in [0.29, 0.717) is 19.5 Å². The topological polar surface area (TPSA) is 70.7 Å². The molecule has 2 N–H and O–H groups in total. The largest absolute Gasteiger partial charge is 0.497 e. The third kappa shape index (κ3) is 3.86. The van der Waals surface area contributed by atoms with Gasteiger partial charge in [-0.15, -0.1) is 11.3 Å². The van der Waals surface area contributed by atoms with Crippen LogP contribution in [0.4, 0.5) is 10.5 Å². The lowest BCUT2D eigenvalue weighted by Crippen LogP contribution is -2.43. The molecule has 0 bridgehead atoms. The molecule has 1 aromatic heterocycles. The highest BCUT2D eigenvalue weighted by Crippen LogP contribution is 2.24. The summed E-state index contributed by atoms with van der Waals surface area (Å²) in [5, 5.41) is 7.64. The number of methoxy groups -OCH3 is 1. The molecule has 1 aliphatic heterocycles. The fourth-order valence-corrected chi connectivity index (χ4v) is 3.28. The maximum absolute atomic E-state index is 12.2. The van der Waals surface area contributed by atoms with Gasteiger partial charge in [0.15, 0.2) is 0 Å². The lowest BCUT2D eigenvalue weighted by molar-refractivity contribution is -0.117. The van der Waals surface area contributed by atoms with Crippen molar-refractivity contribution < 1.29 is 14.3 Å². The summed E-state index contributed by atoms with van der Waals surface area (Å²) in [4.78, 5) is 26.9. The van der Waals surface area contributed by atoms with Crippen molar-refractivity contribution in [3.63, 3.8) is 0 Å². The van der Waals surface area contributed by atoms with Crippen molar-refractivity contribution in [3.05, 3.63) is 46.7 Å². The normalized spacial score (nSPS) is 17.0. The van der Waals surface area contributed by atoms with E-state index in [9.17, 15) is 9.59 Å². The van der Waals surface area contributed by atoms with Crippen molar-refractivity contribution in [3.8, 4) is 5.75 Å². The molecule has 2 aromatic rings. The molecule has 1 saturated heterocycles. The summed E-state index contributed by atoms with van der Waals surface area (Å²) in [6.07, 6.45) is 0.304. The van der Waals surface area contributed by atoms with E-state index in [4.69, 9.17) is 4.74 Å². The number of thiophene rings is 1. The second-order valence-electron chi connectivity index (χ2n) is 5.51. The van der Waals surface area contributed by atoms with Crippen molar-refractivity contribution in [2.45, 2.75) is 19.0 Å². The van der Waals surface area contributed by atoms with Gasteiger partial charge in [0, 0.05) is 23.5 Å². The highest BCUT2D eigenvalue weighted by molar-refractivity contribution is 7.09. The molecule has 0 spiro atoms. The fraction of sp³-hybridized carbons (Fsp3) is 0.294. The number of nitrogens with one attached hydrogen (secondary N) is 2. The SMILES string of the molecule is COc1ccc(N2C[C@H](NC(=O)NCc3cccs3)CC2=O)cc1. The van der Waals surface area contributed by atoms with Crippen LogP contribution in [0.25, 0.3) is 0 Å². The number of benzene rings is 1. The van der Waals surface area contributed by atoms with Gasteiger partial charge in [0.1, 0.15) is 5.75 Å². The Morgan fingerprint density at radius 2 is 2.12 bits per heavy atom. The minimum Gasteiger partial charge on any atom is -0.497 e. The maximum Gasteiger partial charge on any atom is 0.315 e. The second kappa shape index (κ2) is 7.35. The van der Waals surface area contributed by atoms with Gasteiger partial charge in [0.25, 0.3) is 0 Å². The van der Waals surface area contributed by atoms with Crippen LogP contribution in [0.2, 0.25) is 0 Å². The van der Waals surface area contributed by atoms with Gasteiger partial charge in [-0.1, -0.05) is 6.07 Å². The first kappa shape index (κ1) is 16.3. The average molecular weight is 345 g/mol. The number of hydrogen-bond donors (Lipinski definition) is 2. The minimum absolute atomic E-state index is 0.00345. The lowest BCUT2D eigenvalue weighted by atomic mass is 10.2. The molecule has 126 valence electrons. The van der Waals surface area contributed by atoms with Crippen LogP contribution in [-0.4, -0.2) is 31.6 Å². The summed E-state index contributed by atoms with van der Waals surface area (Å²) in [6.45, 7) is 0.962. The molecule has 0 radical (unpaired) electrons. The maximum atomic E-state index is 12.2. The molecule has 7 heteroatoms. The summed E-state index contributed by atoms with van der Waals surface area (Å²) in [6, 6.07) is 10.8. The third-order valence-electron chi connectivity index (χ3n) is 3.85. The number of urea groups is 1. The van der Waals surface area contributed by atoms with E-state index < -0.39 is 0 Å². The number of anilines is 1. The monoisotopic (exact) mass is 345 g/mol. The Morgan fingerprint density at radius 3 is 2.79 bits per heavy atom. The second-order valence-corrected chi connectivity index (χ2v) is 6.54. The van der Waals surface area contributed by atoms with Crippen molar-refractivity contribution in [1.82, 2.24) is 10.6 Å². The van der Waals surface area contributed by atoms with E-state index in [2.05, 4.69) is 10.6 Å². The van der Waals surface area contributed by atoms with E-state index >= 15 is 0 Å². The van der Waals surface area contributed by atoms with Gasteiger partial charge in [0.05, 0.1) is 19.7 Å². The predicted octanol–water partition coefficient (Wildman–Crippen LogP) is 2.36. The Bertz CT molecular complexity index is 700. The smallest absolute Gasteiger partial charge is 0.315 e. The van der Waals surface area contributed by atoms with E-state index in [1.54, 1.807) is 23.3 Å². The van der Waals surface area contributed by atoms with Gasteiger partial charge in [-0.3, -0.25) is 4.79 Å². The number of carbonyl (C=O) groups is 2. The molecule has 24 heavy (non-hydrogen) atoms. The zero-order valence-electron chi connectivity index (χ0n) is 13.3. The first-order valence-corrected chi connectivity index (χ1v) is 8.55. The summed E-state index contributed by atoms with van der Waals surface area (Å²) in [5.41, 5.74) is 0.809. The standard InChI is InChI=1S/C17H19N3O3S/c1-23-14-6-4-13(5-7-14)20-11-12(9-16(20)21)19-17(22)18-10-15-3-2-8-24-15/h2-8,12H,9-11H2,1H3,(H2,18,19,22)/t12-/m1/s1. The average Bonchev–Trinajstić information content (AvgIpc) is 3.23. The van der Waals surface area contributed by atoms with Crippen LogP contribution in [0.3, 0.4) is 0 Å². The van der Waals surface area contributed by atoms with Gasteiger partial charge in [-0.05, 0) is 35.7 Å². The molecule has 3 amide bonds. The highest BCUT2D eigenvalue weighted by Gasteiger charge is 2.31. The number of carbonyl (C=O) groups excluding carboxylic acids is 2. The minimum atomic E-state index is -0.252. The molecule has 1 atom stereocenters. The van der Waals surface area contributed by atoms with Gasteiger partial charge in [-0.25, -0.2) is 4.79 Å². The van der Waals surface area contributed by atoms with Crippen LogP contribution in [0, 0.1) is 0 Å². The summed E-state index contributed by atoms with van der Waals surface area (Å²) >= 11 is 1.59. The van der Waals surface area contributed by atoms with Gasteiger partial charge >= 0.3 is 6.03 Å². The zero-order chi connectivity index (χ0) is 16.9. The molecule has 2 heterocycles. The molecular weight excluding hydrogens is 326 g/mol. The molecule has 0 saturated carbocycles. The fourth-order valence-electron chi connectivity index (χ4n) is 2.63. The van der Waals surface area contributed by atoms with Crippen LogP contribution >= 0.6 is 11.3 Å². The number of ether oxygens (including phenoxy) is 1. The van der Waals surface area contributed by atoms with E-state index in [-0.39, 0.29) is 18.0 Å². The van der Waals surface area contributed by atoms with Crippen LogP contribution in [0.5, 0.6) is 5.75 Å². The molecule has 3 rings (SSSR count). The first-order chi connectivity index (χ1) is 11.7. The van der Waals surface area contributed by atoms with Gasteiger partial charge in [-0.2, -0.15) is 0 Å². The predicted molar refractivity (Wildman–Crippen MR) is 93.4 cm³/mol. The molecule has 1 aliphatic rings. The first-order valence-electron chi connectivity index (χ1n) is 7.67. The quantitative estimate of drug-likeness (QED) is 0.874. The zero-order valence-corrected chi connectivity index (χ0v) is 14.1. The Kier molecular flexibility index (Phi) is 5.00. The van der Waals surface area contributed by atoms with E-state index in [1.165, 1.54) is 0 Å². The Labute approximate surface area is 144 Å². The Balaban J connectivity index is 1.53. The number of hydrogen-bond acceptors (Lipinski definition) is 4. The Hall–Kier alpha value is -2.54. The van der Waals surface area contributed by atoms with E-state index in [0.717, 1.165) is 16.3 Å².